The fourth-order valence-corrected chi connectivity index (χ4v) is 0.748. The number of methoxy groups -OCH3 is 1. The molecule has 0 saturated carbocycles. The molecule has 0 spiro atoms. The topological polar surface area (TPSA) is 33.1 Å². The van der Waals surface area contributed by atoms with Gasteiger partial charge in [0.2, 0.25) is 0 Å². The summed E-state index contributed by atoms with van der Waals surface area (Å²) >= 11 is 0. The van der Waals surface area contributed by atoms with Gasteiger partial charge in [-0.25, -0.2) is 0 Å². The van der Waals surface area contributed by atoms with E-state index >= 15 is 0 Å². The van der Waals surface area contributed by atoms with Gasteiger partial charge in [-0.3, -0.25) is 5.41 Å². The zero-order chi connectivity index (χ0) is 7.40. The van der Waals surface area contributed by atoms with Crippen LogP contribution in [0.5, 0.6) is 5.75 Å². The van der Waals surface area contributed by atoms with Gasteiger partial charge in [-0.1, -0.05) is 12.1 Å². The lowest BCUT2D eigenvalue weighted by Crippen LogP contribution is -1.88. The predicted molar refractivity (Wildman–Crippen MR) is 39.8 cm³/mol. The van der Waals surface area contributed by atoms with Crippen LogP contribution in [0.1, 0.15) is 5.56 Å². The molecule has 51 valence electrons. The molecule has 0 heterocycles. The molecule has 1 radical (unpaired) electrons. The highest BCUT2D eigenvalue weighted by Gasteiger charge is 1.95. The fraction of sp³-hybridized carbons (Fsp3) is 0.125. The van der Waals surface area contributed by atoms with E-state index in [0.717, 1.165) is 0 Å². The zero-order valence-electron chi connectivity index (χ0n) is 5.72. The number of nitrogens with one attached hydrogen (secondary N) is 1. The van der Waals surface area contributed by atoms with Gasteiger partial charge in [0.1, 0.15) is 5.75 Å². The van der Waals surface area contributed by atoms with Crippen LogP contribution >= 0.6 is 0 Å². The Morgan fingerprint density at radius 1 is 1.40 bits per heavy atom. The summed E-state index contributed by atoms with van der Waals surface area (Å²) in [7, 11) is 1.58. The lowest BCUT2D eigenvalue weighted by Gasteiger charge is -2.00. The molecule has 0 aliphatic heterocycles. The maximum absolute atomic E-state index is 6.86. The van der Waals surface area contributed by atoms with Gasteiger partial charge in [0.05, 0.1) is 13.3 Å². The Hall–Kier alpha value is -1.31. The summed E-state index contributed by atoms with van der Waals surface area (Å²) in [5, 5.41) is 6.86. The Morgan fingerprint density at radius 2 is 2.10 bits per heavy atom. The Bertz CT molecular complexity index is 232. The van der Waals surface area contributed by atoms with Crippen molar-refractivity contribution in [2.45, 2.75) is 0 Å². The first kappa shape index (κ1) is 6.81. The molecule has 1 aromatic rings. The number of benzene rings is 1. The summed E-state index contributed by atoms with van der Waals surface area (Å²) in [4.78, 5) is 0. The maximum Gasteiger partial charge on any atom is 0.128 e. The lowest BCUT2D eigenvalue weighted by molar-refractivity contribution is 0.414. The highest BCUT2D eigenvalue weighted by atomic mass is 16.5. The van der Waals surface area contributed by atoms with Crippen LogP contribution in [0.2, 0.25) is 0 Å². The molecule has 0 aromatic heterocycles. The molecular weight excluding hydrogens is 126 g/mol. The van der Waals surface area contributed by atoms with Crippen molar-refractivity contribution in [2.24, 2.45) is 0 Å². The molecule has 0 aliphatic carbocycles. The summed E-state index contributed by atoms with van der Waals surface area (Å²) in [5.74, 6) is 0.692. The van der Waals surface area contributed by atoms with Crippen molar-refractivity contribution in [3.8, 4) is 5.75 Å². The number of hydrogen-bond donors (Lipinski definition) is 1. The first-order chi connectivity index (χ1) is 4.88. The van der Waals surface area contributed by atoms with E-state index in [0.29, 0.717) is 11.3 Å². The van der Waals surface area contributed by atoms with Gasteiger partial charge in [-0.05, 0) is 12.1 Å². The normalized spacial score (nSPS) is 8.90. The molecule has 0 atom stereocenters. The molecule has 1 rings (SSSR count). The van der Waals surface area contributed by atoms with Gasteiger partial charge in [-0.15, -0.1) is 0 Å². The van der Waals surface area contributed by atoms with Gasteiger partial charge in [-0.2, -0.15) is 0 Å². The summed E-state index contributed by atoms with van der Waals surface area (Å²) in [5.41, 5.74) is 0.685. The fourth-order valence-electron chi connectivity index (χ4n) is 0.748. The molecule has 0 saturated heterocycles. The zero-order valence-corrected chi connectivity index (χ0v) is 5.72. The second-order valence-electron chi connectivity index (χ2n) is 1.83. The van der Waals surface area contributed by atoms with Crippen molar-refractivity contribution in [2.75, 3.05) is 7.11 Å². The third kappa shape index (κ3) is 1.16. The second kappa shape index (κ2) is 3.01. The molecule has 0 aliphatic rings. The number of hydrogen-bond acceptors (Lipinski definition) is 2. The van der Waals surface area contributed by atoms with Gasteiger partial charge in [0.25, 0.3) is 0 Å². The smallest absolute Gasteiger partial charge is 0.128 e. The molecule has 10 heavy (non-hydrogen) atoms. The van der Waals surface area contributed by atoms with E-state index < -0.39 is 0 Å². The number of para-hydroxylation sites is 1. The highest BCUT2D eigenvalue weighted by Crippen LogP contribution is 2.13. The molecular formula is C8H8NO. The molecule has 2 heteroatoms. The Balaban J connectivity index is 3.08. The average molecular weight is 134 g/mol. The first-order valence-corrected chi connectivity index (χ1v) is 2.94. The highest BCUT2D eigenvalue weighted by molar-refractivity contribution is 5.80. The first-order valence-electron chi connectivity index (χ1n) is 2.94. The van der Waals surface area contributed by atoms with Crippen LogP contribution in [0.25, 0.3) is 0 Å². The van der Waals surface area contributed by atoms with Crippen LogP contribution in [-0.4, -0.2) is 13.3 Å². The van der Waals surface area contributed by atoms with E-state index in [2.05, 4.69) is 6.21 Å². The van der Waals surface area contributed by atoms with Gasteiger partial charge >= 0.3 is 0 Å². The Kier molecular flexibility index (Phi) is 2.05. The minimum Gasteiger partial charge on any atom is -0.496 e. The summed E-state index contributed by atoms with van der Waals surface area (Å²) < 4.78 is 4.95. The largest absolute Gasteiger partial charge is 0.496 e. The van der Waals surface area contributed by atoms with Gasteiger partial charge in [0, 0.05) is 5.56 Å². The van der Waals surface area contributed by atoms with E-state index in [1.54, 1.807) is 19.2 Å². The van der Waals surface area contributed by atoms with Crippen LogP contribution in [-0.2, 0) is 0 Å². The third-order valence-electron chi connectivity index (χ3n) is 1.24. The minimum absolute atomic E-state index is 0.685. The van der Waals surface area contributed by atoms with Crippen molar-refractivity contribution in [3.05, 3.63) is 29.8 Å². The molecule has 0 amide bonds. The molecule has 0 unspecified atom stereocenters. The standard InChI is InChI=1S/C8H8NO/c1-10-8-5-3-2-4-7(8)6-9/h2-5,9H,1H3. The average Bonchev–Trinajstić information content (AvgIpc) is 2.04. The monoisotopic (exact) mass is 134 g/mol. The minimum atomic E-state index is 0.685. The molecule has 2 nitrogen and oxygen atoms in total. The quantitative estimate of drug-likeness (QED) is 0.612. The van der Waals surface area contributed by atoms with Crippen LogP contribution < -0.4 is 4.74 Å². The second-order valence-corrected chi connectivity index (χ2v) is 1.83. The van der Waals surface area contributed by atoms with E-state index in [1.807, 2.05) is 12.1 Å². The Labute approximate surface area is 60.0 Å². The lowest BCUT2D eigenvalue weighted by atomic mass is 10.2. The number of rotatable bonds is 2. The predicted octanol–water partition coefficient (Wildman–Crippen LogP) is 1.57. The van der Waals surface area contributed by atoms with Crippen LogP contribution in [0.4, 0.5) is 0 Å². The summed E-state index contributed by atoms with van der Waals surface area (Å²) in [6.45, 7) is 0. The maximum atomic E-state index is 6.86. The van der Waals surface area contributed by atoms with Crippen LogP contribution in [0.15, 0.2) is 24.3 Å². The Morgan fingerprint density at radius 3 is 2.60 bits per heavy atom. The van der Waals surface area contributed by atoms with E-state index in [-0.39, 0.29) is 0 Å². The molecule has 0 fully saturated rings. The molecule has 1 N–H and O–H groups in total. The SMILES string of the molecule is COc1ccccc1[C]=N. The van der Waals surface area contributed by atoms with Crippen molar-refractivity contribution in [1.29, 1.82) is 5.41 Å². The molecule has 0 bridgehead atoms. The third-order valence-corrected chi connectivity index (χ3v) is 1.24. The van der Waals surface area contributed by atoms with Crippen molar-refractivity contribution >= 4 is 6.21 Å². The van der Waals surface area contributed by atoms with Crippen LogP contribution in [0.3, 0.4) is 0 Å². The van der Waals surface area contributed by atoms with Crippen molar-refractivity contribution in [3.63, 3.8) is 0 Å². The van der Waals surface area contributed by atoms with E-state index in [1.165, 1.54) is 0 Å². The van der Waals surface area contributed by atoms with E-state index in [4.69, 9.17) is 10.1 Å². The summed E-state index contributed by atoms with van der Waals surface area (Å²) in [6, 6.07) is 7.29. The van der Waals surface area contributed by atoms with Crippen LogP contribution in [0, 0.1) is 5.41 Å². The number of ether oxygens (including phenoxy) is 1. The van der Waals surface area contributed by atoms with Crippen molar-refractivity contribution in [1.82, 2.24) is 0 Å². The van der Waals surface area contributed by atoms with Gasteiger partial charge < -0.3 is 4.74 Å². The van der Waals surface area contributed by atoms with Crippen molar-refractivity contribution < 1.29 is 4.74 Å². The summed E-state index contributed by atoms with van der Waals surface area (Å²) in [6.07, 6.45) is 2.27. The van der Waals surface area contributed by atoms with Gasteiger partial charge in [0.15, 0.2) is 0 Å². The molecule has 1 aromatic carbocycles. The van der Waals surface area contributed by atoms with E-state index in [9.17, 15) is 0 Å².